The van der Waals surface area contributed by atoms with Crippen LogP contribution in [0.25, 0.3) is 0 Å². The quantitative estimate of drug-likeness (QED) is 0.793. The summed E-state index contributed by atoms with van der Waals surface area (Å²) in [5, 5.41) is 2.59. The number of esters is 1. The van der Waals surface area contributed by atoms with Crippen LogP contribution in [0.5, 0.6) is 0 Å². The average Bonchev–Trinajstić information content (AvgIpc) is 3.11. The summed E-state index contributed by atoms with van der Waals surface area (Å²) in [6.45, 7) is 1.04. The molecule has 1 aliphatic carbocycles. The minimum absolute atomic E-state index is 0.114. The van der Waals surface area contributed by atoms with E-state index in [0.29, 0.717) is 24.5 Å². The van der Waals surface area contributed by atoms with Crippen LogP contribution in [0.3, 0.4) is 0 Å². The number of hydrogen-bond donors (Lipinski definition) is 1. The van der Waals surface area contributed by atoms with Crippen molar-refractivity contribution in [3.05, 3.63) is 29.8 Å². The zero-order valence-electron chi connectivity index (χ0n) is 15.0. The van der Waals surface area contributed by atoms with Gasteiger partial charge in [-0.15, -0.1) is 0 Å². The molecule has 26 heavy (non-hydrogen) atoms. The topological polar surface area (TPSA) is 75.7 Å². The fourth-order valence-corrected chi connectivity index (χ4v) is 3.58. The van der Waals surface area contributed by atoms with Crippen molar-refractivity contribution >= 4 is 23.5 Å². The van der Waals surface area contributed by atoms with Crippen LogP contribution in [0.2, 0.25) is 0 Å². The van der Waals surface area contributed by atoms with Crippen molar-refractivity contribution in [3.63, 3.8) is 0 Å². The lowest BCUT2D eigenvalue weighted by molar-refractivity contribution is -0.144. The Morgan fingerprint density at radius 2 is 1.81 bits per heavy atom. The Hall–Kier alpha value is -2.37. The van der Waals surface area contributed by atoms with Crippen molar-refractivity contribution in [1.82, 2.24) is 5.32 Å². The van der Waals surface area contributed by atoms with Crippen LogP contribution >= 0.6 is 0 Å². The highest BCUT2D eigenvalue weighted by atomic mass is 16.5. The Morgan fingerprint density at radius 3 is 2.46 bits per heavy atom. The molecular weight excluding hydrogens is 332 g/mol. The largest absolute Gasteiger partial charge is 0.464 e. The van der Waals surface area contributed by atoms with Gasteiger partial charge < -0.3 is 15.0 Å². The van der Waals surface area contributed by atoms with Gasteiger partial charge in [-0.1, -0.05) is 19.3 Å². The molecule has 2 aliphatic rings. The van der Waals surface area contributed by atoms with Crippen molar-refractivity contribution in [3.8, 4) is 0 Å². The molecule has 1 saturated carbocycles. The van der Waals surface area contributed by atoms with Gasteiger partial charge in [0.25, 0.3) is 5.91 Å². The van der Waals surface area contributed by atoms with E-state index in [1.165, 1.54) is 19.3 Å². The third-order valence-electron chi connectivity index (χ3n) is 5.11. The van der Waals surface area contributed by atoms with E-state index in [-0.39, 0.29) is 18.4 Å². The van der Waals surface area contributed by atoms with E-state index in [2.05, 4.69) is 5.32 Å². The second kappa shape index (κ2) is 8.83. The maximum atomic E-state index is 12.2. The lowest BCUT2D eigenvalue weighted by atomic mass is 9.90. The Morgan fingerprint density at radius 1 is 1.08 bits per heavy atom. The molecule has 140 valence electrons. The van der Waals surface area contributed by atoms with Gasteiger partial charge in [-0.25, -0.2) is 0 Å². The Bertz CT molecular complexity index is 650. The minimum Gasteiger partial charge on any atom is -0.464 e. The highest BCUT2D eigenvalue weighted by Crippen LogP contribution is 2.24. The molecule has 1 aromatic rings. The molecule has 1 aromatic carbocycles. The van der Waals surface area contributed by atoms with E-state index in [1.807, 2.05) is 0 Å². The monoisotopic (exact) mass is 358 g/mol. The van der Waals surface area contributed by atoms with Gasteiger partial charge >= 0.3 is 5.97 Å². The first-order chi connectivity index (χ1) is 12.6. The summed E-state index contributed by atoms with van der Waals surface area (Å²) in [4.78, 5) is 37.4. The molecule has 2 amide bonds. The van der Waals surface area contributed by atoms with E-state index in [0.717, 1.165) is 31.5 Å². The Kier molecular flexibility index (Phi) is 6.26. The molecule has 0 bridgehead atoms. The standard InChI is InChI=1S/C20H26N2O4/c23-18-7-4-12-22(18)17-10-8-16(9-11-17)20(25)21-13-19(24)26-14-15-5-2-1-3-6-15/h8-11,15H,1-7,12-14H2,(H,21,25). The lowest BCUT2D eigenvalue weighted by Crippen LogP contribution is -2.31. The van der Waals surface area contributed by atoms with Crippen LogP contribution in [-0.4, -0.2) is 37.5 Å². The number of carbonyl (C=O) groups excluding carboxylic acids is 3. The van der Waals surface area contributed by atoms with Gasteiger partial charge in [-0.05, 0) is 49.4 Å². The van der Waals surface area contributed by atoms with Crippen molar-refractivity contribution in [1.29, 1.82) is 0 Å². The number of amides is 2. The summed E-state index contributed by atoms with van der Waals surface area (Å²) in [5.41, 5.74) is 1.26. The zero-order chi connectivity index (χ0) is 18.4. The van der Waals surface area contributed by atoms with E-state index >= 15 is 0 Å². The molecule has 2 fully saturated rings. The first kappa shape index (κ1) is 18.4. The van der Waals surface area contributed by atoms with Gasteiger partial charge in [0, 0.05) is 24.2 Å². The molecule has 1 saturated heterocycles. The number of benzene rings is 1. The SMILES string of the molecule is O=C(CNC(=O)c1ccc(N2CCCC2=O)cc1)OCC1CCCCC1. The molecule has 1 N–H and O–H groups in total. The van der Waals surface area contributed by atoms with Crippen molar-refractivity contribution in [2.75, 3.05) is 24.6 Å². The molecule has 0 spiro atoms. The third-order valence-corrected chi connectivity index (χ3v) is 5.11. The maximum absolute atomic E-state index is 12.2. The van der Waals surface area contributed by atoms with Gasteiger partial charge in [-0.3, -0.25) is 14.4 Å². The Balaban J connectivity index is 1.42. The van der Waals surface area contributed by atoms with Gasteiger partial charge in [0.05, 0.1) is 6.61 Å². The number of anilines is 1. The van der Waals surface area contributed by atoms with Crippen molar-refractivity contribution < 1.29 is 19.1 Å². The number of hydrogen-bond acceptors (Lipinski definition) is 4. The van der Waals surface area contributed by atoms with Crippen LogP contribution < -0.4 is 10.2 Å². The van der Waals surface area contributed by atoms with Gasteiger partial charge in [0.2, 0.25) is 5.91 Å². The number of ether oxygens (including phenoxy) is 1. The number of nitrogens with one attached hydrogen (secondary N) is 1. The predicted octanol–water partition coefficient (Wildman–Crippen LogP) is 2.67. The lowest BCUT2D eigenvalue weighted by Gasteiger charge is -2.21. The number of nitrogens with zero attached hydrogens (tertiary/aromatic N) is 1. The smallest absolute Gasteiger partial charge is 0.325 e. The Labute approximate surface area is 153 Å². The maximum Gasteiger partial charge on any atom is 0.325 e. The van der Waals surface area contributed by atoms with Crippen LogP contribution in [-0.2, 0) is 14.3 Å². The summed E-state index contributed by atoms with van der Waals surface area (Å²) >= 11 is 0. The first-order valence-electron chi connectivity index (χ1n) is 9.48. The molecular formula is C20H26N2O4. The molecule has 3 rings (SSSR count). The second-order valence-corrected chi connectivity index (χ2v) is 7.07. The van der Waals surface area contributed by atoms with E-state index in [4.69, 9.17) is 4.74 Å². The number of carbonyl (C=O) groups is 3. The first-order valence-corrected chi connectivity index (χ1v) is 9.48. The summed E-state index contributed by atoms with van der Waals surface area (Å²) < 4.78 is 5.27. The van der Waals surface area contributed by atoms with Gasteiger partial charge in [0.15, 0.2) is 0 Å². The molecule has 1 heterocycles. The molecule has 0 atom stereocenters. The van der Waals surface area contributed by atoms with Gasteiger partial charge in [0.1, 0.15) is 6.54 Å². The number of rotatable bonds is 6. The minimum atomic E-state index is -0.400. The fourth-order valence-electron chi connectivity index (χ4n) is 3.58. The van der Waals surface area contributed by atoms with E-state index in [9.17, 15) is 14.4 Å². The average molecular weight is 358 g/mol. The van der Waals surface area contributed by atoms with Crippen molar-refractivity contribution in [2.45, 2.75) is 44.9 Å². The van der Waals surface area contributed by atoms with Crippen molar-refractivity contribution in [2.24, 2.45) is 5.92 Å². The molecule has 0 aromatic heterocycles. The molecule has 1 aliphatic heterocycles. The van der Waals surface area contributed by atoms with Gasteiger partial charge in [-0.2, -0.15) is 0 Å². The molecule has 6 nitrogen and oxygen atoms in total. The second-order valence-electron chi connectivity index (χ2n) is 7.07. The molecule has 6 heteroatoms. The van der Waals surface area contributed by atoms with Crippen LogP contribution in [0, 0.1) is 5.92 Å². The van der Waals surface area contributed by atoms with Crippen LogP contribution in [0.1, 0.15) is 55.3 Å². The summed E-state index contributed by atoms with van der Waals surface area (Å²) in [7, 11) is 0. The van der Waals surface area contributed by atoms with E-state index in [1.54, 1.807) is 29.2 Å². The molecule has 0 radical (unpaired) electrons. The fraction of sp³-hybridized carbons (Fsp3) is 0.550. The van der Waals surface area contributed by atoms with Crippen LogP contribution in [0.15, 0.2) is 24.3 Å². The summed E-state index contributed by atoms with van der Waals surface area (Å²) in [6, 6.07) is 6.87. The zero-order valence-corrected chi connectivity index (χ0v) is 15.0. The van der Waals surface area contributed by atoms with E-state index < -0.39 is 5.97 Å². The normalized spacial score (nSPS) is 18.0. The third kappa shape index (κ3) is 4.84. The summed E-state index contributed by atoms with van der Waals surface area (Å²) in [5.74, 6) is -0.144. The summed E-state index contributed by atoms with van der Waals surface area (Å²) in [6.07, 6.45) is 7.35. The highest BCUT2D eigenvalue weighted by molar-refractivity contribution is 5.98. The molecule has 0 unspecified atom stereocenters. The van der Waals surface area contributed by atoms with Crippen LogP contribution in [0.4, 0.5) is 5.69 Å². The highest BCUT2D eigenvalue weighted by Gasteiger charge is 2.22. The predicted molar refractivity (Wildman–Crippen MR) is 97.9 cm³/mol.